The van der Waals surface area contributed by atoms with Crippen LogP contribution in [-0.2, 0) is 4.74 Å². The zero-order valence-corrected chi connectivity index (χ0v) is 14.1. The first kappa shape index (κ1) is 19.6. The van der Waals surface area contributed by atoms with Gasteiger partial charge in [0.05, 0.1) is 6.61 Å². The molecule has 0 unspecified atom stereocenters. The number of likely N-dealkylation sites (N-methyl/N-ethyl adjacent to an activating group) is 1. The van der Waals surface area contributed by atoms with Gasteiger partial charge < -0.3 is 20.3 Å². The number of nitrogens with zero attached hydrogens (tertiary/aromatic N) is 2. The summed E-state index contributed by atoms with van der Waals surface area (Å²) in [5.74, 6) is 1.14. The molecule has 0 aliphatic heterocycles. The van der Waals surface area contributed by atoms with Crippen molar-refractivity contribution in [2.75, 3.05) is 40.4 Å². The van der Waals surface area contributed by atoms with E-state index in [1.807, 2.05) is 25.8 Å². The number of amidine groups is 1. The third-order valence-electron chi connectivity index (χ3n) is 3.22. The minimum Gasteiger partial charge on any atom is -0.383 e. The molecule has 0 heterocycles. The lowest BCUT2D eigenvalue weighted by molar-refractivity contribution is 0.176. The second kappa shape index (κ2) is 11.3. The summed E-state index contributed by atoms with van der Waals surface area (Å²) in [5, 5.41) is 14.7. The highest BCUT2D eigenvalue weighted by molar-refractivity contribution is 5.96. The lowest BCUT2D eigenvalue weighted by Gasteiger charge is -2.25. The predicted octanol–water partition coefficient (Wildman–Crippen LogP) is 1.45. The molecule has 0 aromatic carbocycles. The van der Waals surface area contributed by atoms with Crippen molar-refractivity contribution in [3.63, 3.8) is 0 Å². The Labute approximate surface area is 129 Å². The van der Waals surface area contributed by atoms with E-state index in [2.05, 4.69) is 29.3 Å². The molecule has 6 heteroatoms. The largest absolute Gasteiger partial charge is 0.383 e. The van der Waals surface area contributed by atoms with Crippen molar-refractivity contribution in [3.05, 3.63) is 11.4 Å². The molecule has 122 valence electrons. The van der Waals surface area contributed by atoms with Gasteiger partial charge in [-0.3, -0.25) is 5.41 Å². The van der Waals surface area contributed by atoms with Crippen LogP contribution >= 0.6 is 0 Å². The Morgan fingerprint density at radius 1 is 1.48 bits per heavy atom. The van der Waals surface area contributed by atoms with Crippen molar-refractivity contribution >= 4 is 12.6 Å². The number of rotatable bonds is 11. The quantitative estimate of drug-likeness (QED) is 0.307. The van der Waals surface area contributed by atoms with Gasteiger partial charge in [-0.1, -0.05) is 0 Å². The molecule has 21 heavy (non-hydrogen) atoms. The highest BCUT2D eigenvalue weighted by Crippen LogP contribution is 2.09. The van der Waals surface area contributed by atoms with E-state index in [0.29, 0.717) is 18.3 Å². The molecule has 0 fully saturated rings. The van der Waals surface area contributed by atoms with Crippen LogP contribution in [0.4, 0.5) is 0 Å². The molecular formula is C15H31N5O. The zero-order valence-electron chi connectivity index (χ0n) is 14.1. The smallest absolute Gasteiger partial charge is 0.132 e. The van der Waals surface area contributed by atoms with Crippen molar-refractivity contribution < 1.29 is 4.74 Å². The van der Waals surface area contributed by atoms with Crippen LogP contribution in [0.1, 0.15) is 27.2 Å². The monoisotopic (exact) mass is 297 g/mol. The van der Waals surface area contributed by atoms with E-state index in [1.54, 1.807) is 7.11 Å². The van der Waals surface area contributed by atoms with Gasteiger partial charge in [-0.25, -0.2) is 4.99 Å². The van der Waals surface area contributed by atoms with Gasteiger partial charge in [0, 0.05) is 31.8 Å². The van der Waals surface area contributed by atoms with Crippen LogP contribution in [0, 0.1) is 5.41 Å². The molecule has 0 aromatic rings. The van der Waals surface area contributed by atoms with E-state index in [1.165, 1.54) is 0 Å². The maximum absolute atomic E-state index is 8.36. The van der Waals surface area contributed by atoms with Crippen LogP contribution in [0.25, 0.3) is 0 Å². The summed E-state index contributed by atoms with van der Waals surface area (Å²) in [7, 11) is 3.60. The van der Waals surface area contributed by atoms with Gasteiger partial charge >= 0.3 is 0 Å². The van der Waals surface area contributed by atoms with Crippen LogP contribution in [0.2, 0.25) is 0 Å². The summed E-state index contributed by atoms with van der Waals surface area (Å²) in [4.78, 5) is 6.07. The first-order valence-corrected chi connectivity index (χ1v) is 7.43. The van der Waals surface area contributed by atoms with Gasteiger partial charge in [-0.05, 0) is 47.5 Å². The fraction of sp³-hybridized carbons (Fsp3) is 0.733. The fourth-order valence-corrected chi connectivity index (χ4v) is 2.02. The van der Waals surface area contributed by atoms with Crippen LogP contribution < -0.4 is 10.6 Å². The summed E-state index contributed by atoms with van der Waals surface area (Å²) >= 11 is 0. The van der Waals surface area contributed by atoms with Crippen LogP contribution in [-0.4, -0.2) is 63.9 Å². The minimum atomic E-state index is 0.123. The third kappa shape index (κ3) is 7.24. The number of methoxy groups -OCH3 is 1. The lowest BCUT2D eigenvalue weighted by atomic mass is 10.2. The summed E-state index contributed by atoms with van der Waals surface area (Å²) in [6, 6.07) is 0.123. The Hall–Kier alpha value is -1.40. The number of hydrogen-bond donors (Lipinski definition) is 3. The maximum Gasteiger partial charge on any atom is 0.132 e. The Morgan fingerprint density at radius 3 is 2.62 bits per heavy atom. The molecule has 0 aliphatic carbocycles. The fourth-order valence-electron chi connectivity index (χ4n) is 2.02. The molecule has 0 radical (unpaired) electrons. The third-order valence-corrected chi connectivity index (χ3v) is 3.22. The molecular weight excluding hydrogens is 266 g/mol. The van der Waals surface area contributed by atoms with Crippen molar-refractivity contribution in [1.82, 2.24) is 15.5 Å². The second-order valence-corrected chi connectivity index (χ2v) is 5.02. The lowest BCUT2D eigenvalue weighted by Crippen LogP contribution is -2.36. The first-order chi connectivity index (χ1) is 10.0. The van der Waals surface area contributed by atoms with Crippen molar-refractivity contribution in [2.24, 2.45) is 4.99 Å². The summed E-state index contributed by atoms with van der Waals surface area (Å²) in [6.07, 6.45) is 1.00. The number of hydrogen-bond acceptors (Lipinski definition) is 5. The molecule has 0 saturated heterocycles. The summed E-state index contributed by atoms with van der Waals surface area (Å²) < 4.78 is 5.11. The minimum absolute atomic E-state index is 0.123. The van der Waals surface area contributed by atoms with Crippen molar-refractivity contribution in [3.8, 4) is 0 Å². The topological polar surface area (TPSA) is 72.7 Å². The van der Waals surface area contributed by atoms with Crippen LogP contribution in [0.5, 0.6) is 0 Å². The normalized spacial score (nSPS) is 13.4. The average molecular weight is 297 g/mol. The molecule has 0 aliphatic rings. The van der Waals surface area contributed by atoms with Gasteiger partial charge in [0.1, 0.15) is 11.7 Å². The first-order valence-electron chi connectivity index (χ1n) is 7.43. The van der Waals surface area contributed by atoms with Crippen LogP contribution in [0.3, 0.4) is 0 Å². The molecule has 0 aromatic heterocycles. The Kier molecular flexibility index (Phi) is 10.5. The molecule has 0 bridgehead atoms. The average Bonchev–Trinajstić information content (AvgIpc) is 2.48. The van der Waals surface area contributed by atoms with Gasteiger partial charge in [0.15, 0.2) is 0 Å². The second-order valence-electron chi connectivity index (χ2n) is 5.02. The van der Waals surface area contributed by atoms with Gasteiger partial charge in [0.2, 0.25) is 0 Å². The Bertz CT molecular complexity index is 354. The van der Waals surface area contributed by atoms with E-state index in [-0.39, 0.29) is 6.04 Å². The van der Waals surface area contributed by atoms with Gasteiger partial charge in [0.25, 0.3) is 0 Å². The summed E-state index contributed by atoms with van der Waals surface area (Å²) in [5.41, 5.74) is 0.805. The van der Waals surface area contributed by atoms with Crippen molar-refractivity contribution in [1.29, 1.82) is 5.41 Å². The molecule has 1 atom stereocenters. The SMILES string of the molecule is C=N/C(N[C@H](C)COC)=C(/C)C(=N)N(CC)CCCNC. The maximum atomic E-state index is 8.36. The highest BCUT2D eigenvalue weighted by atomic mass is 16.5. The molecule has 6 nitrogen and oxygen atoms in total. The van der Waals surface area contributed by atoms with E-state index in [9.17, 15) is 0 Å². The molecule has 0 rings (SSSR count). The Morgan fingerprint density at radius 2 is 2.14 bits per heavy atom. The zero-order chi connectivity index (χ0) is 16.3. The molecule has 0 amide bonds. The summed E-state index contributed by atoms with van der Waals surface area (Å²) in [6.45, 7) is 12.8. The number of aliphatic imine (C=N–C) groups is 1. The van der Waals surface area contributed by atoms with E-state index >= 15 is 0 Å². The molecule has 0 saturated carbocycles. The Balaban J connectivity index is 4.85. The van der Waals surface area contributed by atoms with Gasteiger partial charge in [-0.2, -0.15) is 0 Å². The predicted molar refractivity (Wildman–Crippen MR) is 90.2 cm³/mol. The molecule has 0 spiro atoms. The molecule has 3 N–H and O–H groups in total. The highest BCUT2D eigenvalue weighted by Gasteiger charge is 2.14. The van der Waals surface area contributed by atoms with E-state index in [4.69, 9.17) is 10.1 Å². The van der Waals surface area contributed by atoms with E-state index < -0.39 is 0 Å². The van der Waals surface area contributed by atoms with Crippen molar-refractivity contribution in [2.45, 2.75) is 33.2 Å². The van der Waals surface area contributed by atoms with Gasteiger partial charge in [-0.15, -0.1) is 0 Å². The van der Waals surface area contributed by atoms with Crippen LogP contribution in [0.15, 0.2) is 16.4 Å². The van der Waals surface area contributed by atoms with E-state index in [0.717, 1.165) is 31.6 Å². The standard InChI is InChI=1S/C15H31N5O/c1-7-20(10-8-9-17-4)14(16)13(3)15(18-5)19-12(2)11-21-6/h12,16-17,19H,5,7-11H2,1-4,6H3/b15-13+,16-14?/t12-/m1/s1. The number of nitrogens with one attached hydrogen (secondary N) is 3. The number of ether oxygens (including phenoxy) is 1.